The highest BCUT2D eigenvalue weighted by atomic mass is 16.6. The normalized spacial score (nSPS) is 19.3. The maximum absolute atomic E-state index is 13.3. The van der Waals surface area contributed by atoms with E-state index in [1.165, 1.54) is 0 Å². The Balaban J connectivity index is 1.57. The summed E-state index contributed by atoms with van der Waals surface area (Å²) in [5, 5.41) is 0. The van der Waals surface area contributed by atoms with Crippen LogP contribution < -0.4 is 0 Å². The molecule has 0 aliphatic carbocycles. The second kappa shape index (κ2) is 13.4. The summed E-state index contributed by atoms with van der Waals surface area (Å²) in [5.41, 5.74) is 2.52. The van der Waals surface area contributed by atoms with E-state index >= 15 is 0 Å². The molecule has 200 valence electrons. The first-order valence-electron chi connectivity index (χ1n) is 13.0. The van der Waals surface area contributed by atoms with Crippen molar-refractivity contribution in [3.8, 4) is 0 Å². The predicted molar refractivity (Wildman–Crippen MR) is 147 cm³/mol. The second-order valence-corrected chi connectivity index (χ2v) is 10.3. The molecule has 3 aromatic carbocycles. The Bertz CT molecular complexity index is 1140. The van der Waals surface area contributed by atoms with Gasteiger partial charge in [0, 0.05) is 6.20 Å². The van der Waals surface area contributed by atoms with Gasteiger partial charge < -0.3 is 18.9 Å². The Hall–Kier alpha value is -3.45. The van der Waals surface area contributed by atoms with Gasteiger partial charge in [0.25, 0.3) is 0 Å². The zero-order valence-electron chi connectivity index (χ0n) is 22.4. The van der Waals surface area contributed by atoms with Gasteiger partial charge in [-0.1, -0.05) is 91.0 Å². The molecule has 3 aromatic rings. The summed E-state index contributed by atoms with van der Waals surface area (Å²) in [4.78, 5) is 14.8. The molecule has 4 rings (SSSR count). The van der Waals surface area contributed by atoms with Crippen LogP contribution in [-0.4, -0.2) is 41.5 Å². The van der Waals surface area contributed by atoms with Gasteiger partial charge in [-0.25, -0.2) is 4.79 Å². The lowest BCUT2D eigenvalue weighted by Crippen LogP contribution is -2.56. The van der Waals surface area contributed by atoms with Gasteiger partial charge in [0.05, 0.1) is 32.5 Å². The maximum Gasteiger partial charge on any atom is 0.414 e. The van der Waals surface area contributed by atoms with Gasteiger partial charge in [-0.05, 0) is 43.5 Å². The molecule has 0 saturated heterocycles. The van der Waals surface area contributed by atoms with Crippen molar-refractivity contribution < 1.29 is 23.7 Å². The van der Waals surface area contributed by atoms with E-state index in [9.17, 15) is 4.79 Å². The zero-order valence-corrected chi connectivity index (χ0v) is 22.4. The van der Waals surface area contributed by atoms with Crippen LogP contribution >= 0.6 is 0 Å². The maximum atomic E-state index is 13.3. The molecule has 0 fully saturated rings. The topological polar surface area (TPSA) is 57.2 Å². The molecule has 1 unspecified atom stereocenters. The van der Waals surface area contributed by atoms with Crippen molar-refractivity contribution >= 4 is 6.09 Å². The third kappa shape index (κ3) is 8.28. The Morgan fingerprint density at radius 2 is 1.24 bits per heavy atom. The largest absolute Gasteiger partial charge is 0.443 e. The summed E-state index contributed by atoms with van der Waals surface area (Å²) in [7, 11) is 0. The smallest absolute Gasteiger partial charge is 0.414 e. The number of carbonyl (C=O) groups is 1. The van der Waals surface area contributed by atoms with Crippen molar-refractivity contribution in [1.29, 1.82) is 0 Å². The SMILES string of the molecule is CC(C)(C)OC(=O)N1C=CC(OCc2ccccc2)[C@H](OCc2ccccc2)[C@H]1COCc1ccccc1. The van der Waals surface area contributed by atoms with Crippen LogP contribution in [0.25, 0.3) is 0 Å². The number of ether oxygens (including phenoxy) is 4. The fraction of sp³-hybridized carbons (Fsp3) is 0.344. The van der Waals surface area contributed by atoms with Gasteiger partial charge in [-0.15, -0.1) is 0 Å². The van der Waals surface area contributed by atoms with Gasteiger partial charge in [0.1, 0.15) is 17.8 Å². The van der Waals surface area contributed by atoms with E-state index in [1.807, 2.05) is 118 Å². The van der Waals surface area contributed by atoms with Crippen LogP contribution in [0.5, 0.6) is 0 Å². The van der Waals surface area contributed by atoms with Crippen LogP contribution in [0.4, 0.5) is 4.79 Å². The van der Waals surface area contributed by atoms with Crippen LogP contribution in [-0.2, 0) is 38.8 Å². The first-order chi connectivity index (χ1) is 18.4. The molecular formula is C32H37NO5. The Kier molecular flexibility index (Phi) is 9.71. The summed E-state index contributed by atoms with van der Waals surface area (Å²) >= 11 is 0. The summed E-state index contributed by atoms with van der Waals surface area (Å²) in [6.45, 7) is 7.04. The highest BCUT2D eigenvalue weighted by Gasteiger charge is 2.41. The second-order valence-electron chi connectivity index (χ2n) is 10.3. The third-order valence-corrected chi connectivity index (χ3v) is 6.07. The molecule has 1 aliphatic heterocycles. The number of nitrogens with zero attached hydrogens (tertiary/aromatic N) is 1. The molecule has 1 heterocycles. The fourth-order valence-electron chi connectivity index (χ4n) is 4.22. The van der Waals surface area contributed by atoms with E-state index < -0.39 is 23.8 Å². The molecule has 0 bridgehead atoms. The number of amides is 1. The third-order valence-electron chi connectivity index (χ3n) is 6.07. The minimum absolute atomic E-state index is 0.253. The van der Waals surface area contributed by atoms with Gasteiger partial charge in [-0.2, -0.15) is 0 Å². The van der Waals surface area contributed by atoms with Gasteiger partial charge in [0.2, 0.25) is 0 Å². The Morgan fingerprint density at radius 3 is 1.76 bits per heavy atom. The van der Waals surface area contributed by atoms with Gasteiger partial charge in [-0.3, -0.25) is 4.90 Å². The van der Waals surface area contributed by atoms with E-state index in [-0.39, 0.29) is 12.7 Å². The molecule has 0 radical (unpaired) electrons. The van der Waals surface area contributed by atoms with Crippen molar-refractivity contribution in [3.05, 3.63) is 120 Å². The van der Waals surface area contributed by atoms with Crippen LogP contribution in [0.3, 0.4) is 0 Å². The van der Waals surface area contributed by atoms with E-state index in [2.05, 4.69) is 0 Å². The van der Waals surface area contributed by atoms with E-state index in [0.717, 1.165) is 16.7 Å². The number of hydrogen-bond donors (Lipinski definition) is 0. The summed E-state index contributed by atoms with van der Waals surface area (Å²) in [5.74, 6) is 0. The fourth-order valence-corrected chi connectivity index (χ4v) is 4.22. The van der Waals surface area contributed by atoms with Crippen LogP contribution in [0.2, 0.25) is 0 Å². The minimum atomic E-state index is -0.637. The first kappa shape index (κ1) is 27.6. The molecule has 1 amide bonds. The molecule has 3 atom stereocenters. The van der Waals surface area contributed by atoms with Crippen molar-refractivity contribution in [3.63, 3.8) is 0 Å². The average Bonchev–Trinajstić information content (AvgIpc) is 2.92. The number of benzene rings is 3. The summed E-state index contributed by atoms with van der Waals surface area (Å²) in [6.07, 6.45) is 2.30. The van der Waals surface area contributed by atoms with E-state index in [4.69, 9.17) is 18.9 Å². The average molecular weight is 516 g/mol. The lowest BCUT2D eigenvalue weighted by molar-refractivity contribution is -0.117. The molecular weight excluding hydrogens is 478 g/mol. The van der Waals surface area contributed by atoms with Crippen LogP contribution in [0.1, 0.15) is 37.5 Å². The van der Waals surface area contributed by atoms with Crippen molar-refractivity contribution in [2.24, 2.45) is 0 Å². The predicted octanol–water partition coefficient (Wildman–Crippen LogP) is 6.51. The van der Waals surface area contributed by atoms with Crippen molar-refractivity contribution in [2.45, 2.75) is 64.4 Å². The molecule has 38 heavy (non-hydrogen) atoms. The summed E-state index contributed by atoms with van der Waals surface area (Å²) in [6, 6.07) is 29.5. The number of rotatable bonds is 10. The molecule has 1 aliphatic rings. The highest BCUT2D eigenvalue weighted by molar-refractivity contribution is 5.70. The highest BCUT2D eigenvalue weighted by Crippen LogP contribution is 2.26. The molecule has 0 aromatic heterocycles. The number of hydrogen-bond acceptors (Lipinski definition) is 5. The quantitative estimate of drug-likeness (QED) is 0.308. The molecule has 0 spiro atoms. The standard InChI is InChI=1S/C32H37NO5/c1-32(2,3)38-31(34)33-20-19-29(36-22-26-15-9-5-10-16-26)30(37-23-27-17-11-6-12-18-27)28(33)24-35-21-25-13-7-4-8-14-25/h4-20,28-30H,21-24H2,1-3H3/t28-,29?,30-/m1/s1. The van der Waals surface area contributed by atoms with Gasteiger partial charge >= 0.3 is 6.09 Å². The molecule has 6 heteroatoms. The first-order valence-corrected chi connectivity index (χ1v) is 13.0. The zero-order chi connectivity index (χ0) is 26.8. The minimum Gasteiger partial charge on any atom is -0.443 e. The Labute approximate surface area is 225 Å². The van der Waals surface area contributed by atoms with Crippen molar-refractivity contribution in [2.75, 3.05) is 6.61 Å². The molecule has 0 N–H and O–H groups in total. The Morgan fingerprint density at radius 1 is 0.737 bits per heavy atom. The van der Waals surface area contributed by atoms with Crippen molar-refractivity contribution in [1.82, 2.24) is 4.90 Å². The van der Waals surface area contributed by atoms with Gasteiger partial charge in [0.15, 0.2) is 0 Å². The lowest BCUT2D eigenvalue weighted by atomic mass is 10.00. The molecule has 0 saturated carbocycles. The monoisotopic (exact) mass is 515 g/mol. The van der Waals surface area contributed by atoms with Crippen LogP contribution in [0, 0.1) is 0 Å². The summed E-state index contributed by atoms with van der Waals surface area (Å²) < 4.78 is 24.7. The lowest BCUT2D eigenvalue weighted by Gasteiger charge is -2.41. The molecule has 6 nitrogen and oxygen atoms in total. The van der Waals surface area contributed by atoms with Crippen LogP contribution in [0.15, 0.2) is 103 Å². The van der Waals surface area contributed by atoms with E-state index in [0.29, 0.717) is 19.8 Å². The van der Waals surface area contributed by atoms with E-state index in [1.54, 1.807) is 11.1 Å². The number of carbonyl (C=O) groups excluding carboxylic acids is 1.